The fraction of sp³-hybridized carbons (Fsp3) is 1.00. The summed E-state index contributed by atoms with van der Waals surface area (Å²) in [5.74, 6) is -0.282. The van der Waals surface area contributed by atoms with Crippen LogP contribution in [0.1, 0.15) is 6.42 Å². The van der Waals surface area contributed by atoms with Crippen LogP contribution in [0.5, 0.6) is 0 Å². The average Bonchev–Trinajstić information content (AvgIpc) is 2.31. The lowest BCUT2D eigenvalue weighted by Crippen LogP contribution is -2.47. The van der Waals surface area contributed by atoms with E-state index in [1.807, 2.05) is 11.9 Å². The first kappa shape index (κ1) is 11.8. The molecule has 0 aromatic heterocycles. The number of hydrogen-bond donors (Lipinski definition) is 0. The van der Waals surface area contributed by atoms with Crippen molar-refractivity contribution >= 4 is 0 Å². The van der Waals surface area contributed by atoms with E-state index in [1.54, 1.807) is 0 Å². The van der Waals surface area contributed by atoms with Crippen molar-refractivity contribution in [1.82, 2.24) is 9.80 Å². The van der Waals surface area contributed by atoms with E-state index in [2.05, 4.69) is 0 Å². The van der Waals surface area contributed by atoms with Crippen LogP contribution in [0.3, 0.4) is 0 Å². The van der Waals surface area contributed by atoms with Gasteiger partial charge in [-0.15, -0.1) is 0 Å². The maximum atomic E-state index is 12.7. The zero-order valence-electron chi connectivity index (χ0n) is 8.80. The molecule has 2 atom stereocenters. The summed E-state index contributed by atoms with van der Waals surface area (Å²) in [5, 5.41) is 0. The van der Waals surface area contributed by atoms with Gasteiger partial charge in [0.25, 0.3) is 0 Å². The second kappa shape index (κ2) is 4.06. The van der Waals surface area contributed by atoms with Crippen LogP contribution in [0.25, 0.3) is 0 Å². The minimum absolute atomic E-state index is 0.282. The molecule has 0 aromatic carbocycles. The van der Waals surface area contributed by atoms with E-state index in [-0.39, 0.29) is 5.92 Å². The first-order valence-corrected chi connectivity index (χ1v) is 4.74. The Bertz CT molecular complexity index is 191. The molecule has 0 amide bonds. The maximum Gasteiger partial charge on any atom is 0.404 e. The van der Waals surface area contributed by atoms with Gasteiger partial charge in [0.15, 0.2) is 0 Å². The molecule has 0 N–H and O–H groups in total. The van der Waals surface area contributed by atoms with Crippen molar-refractivity contribution in [2.75, 3.05) is 34.2 Å². The van der Waals surface area contributed by atoms with Crippen LogP contribution in [-0.2, 0) is 0 Å². The molecule has 1 rings (SSSR count). The van der Waals surface area contributed by atoms with Crippen LogP contribution in [0.2, 0.25) is 0 Å². The molecule has 0 aromatic rings. The van der Waals surface area contributed by atoms with E-state index in [0.717, 1.165) is 6.54 Å². The molecule has 14 heavy (non-hydrogen) atoms. The fourth-order valence-electron chi connectivity index (χ4n) is 2.21. The summed E-state index contributed by atoms with van der Waals surface area (Å²) >= 11 is 0. The standard InChI is InChI=1S/C9H17F3N2/c1-13(2)8(9(10,11)12)7-4-5-14(3)6-7/h7-8H,4-6H2,1-3H3. The number of rotatable bonds is 2. The van der Waals surface area contributed by atoms with E-state index in [0.29, 0.717) is 13.0 Å². The summed E-state index contributed by atoms with van der Waals surface area (Å²) in [6, 6.07) is -1.30. The lowest BCUT2D eigenvalue weighted by atomic mass is 9.97. The molecule has 0 spiro atoms. The molecule has 0 bridgehead atoms. The molecule has 84 valence electrons. The Morgan fingerprint density at radius 2 is 1.93 bits per heavy atom. The van der Waals surface area contributed by atoms with Crippen molar-refractivity contribution < 1.29 is 13.2 Å². The van der Waals surface area contributed by atoms with Crippen molar-refractivity contribution in [3.8, 4) is 0 Å². The SMILES string of the molecule is CN1CCC(C(N(C)C)C(F)(F)F)C1. The van der Waals surface area contributed by atoms with Crippen LogP contribution in [0, 0.1) is 5.92 Å². The maximum absolute atomic E-state index is 12.7. The largest absolute Gasteiger partial charge is 0.404 e. The summed E-state index contributed by atoms with van der Waals surface area (Å²) in [4.78, 5) is 3.23. The second-order valence-corrected chi connectivity index (χ2v) is 4.26. The predicted octanol–water partition coefficient (Wildman–Crippen LogP) is 1.43. The van der Waals surface area contributed by atoms with Gasteiger partial charge in [0.2, 0.25) is 0 Å². The summed E-state index contributed by atoms with van der Waals surface area (Å²) < 4.78 is 38.1. The zero-order valence-corrected chi connectivity index (χ0v) is 8.80. The van der Waals surface area contributed by atoms with E-state index >= 15 is 0 Å². The van der Waals surface area contributed by atoms with Crippen molar-refractivity contribution in [3.63, 3.8) is 0 Å². The van der Waals surface area contributed by atoms with Crippen LogP contribution >= 0.6 is 0 Å². The molecule has 0 saturated carbocycles. The quantitative estimate of drug-likeness (QED) is 0.680. The van der Waals surface area contributed by atoms with Gasteiger partial charge in [0.05, 0.1) is 0 Å². The molecule has 1 aliphatic heterocycles. The van der Waals surface area contributed by atoms with Gasteiger partial charge < -0.3 is 4.90 Å². The number of nitrogens with zero attached hydrogens (tertiary/aromatic N) is 2. The summed E-state index contributed by atoms with van der Waals surface area (Å²) in [6.45, 7) is 1.31. The van der Waals surface area contributed by atoms with Gasteiger partial charge in [-0.2, -0.15) is 13.2 Å². The monoisotopic (exact) mass is 210 g/mol. The minimum Gasteiger partial charge on any atom is -0.306 e. The van der Waals surface area contributed by atoms with Gasteiger partial charge in [-0.25, -0.2) is 0 Å². The lowest BCUT2D eigenvalue weighted by Gasteiger charge is -2.31. The Kier molecular flexibility index (Phi) is 3.42. The molecule has 0 radical (unpaired) electrons. The number of alkyl halides is 3. The van der Waals surface area contributed by atoms with Gasteiger partial charge in [-0.3, -0.25) is 4.90 Å². The van der Waals surface area contributed by atoms with Crippen LogP contribution in [0.15, 0.2) is 0 Å². The average molecular weight is 210 g/mol. The van der Waals surface area contributed by atoms with E-state index < -0.39 is 12.2 Å². The number of halogens is 3. The fourth-order valence-corrected chi connectivity index (χ4v) is 2.21. The van der Waals surface area contributed by atoms with Crippen molar-refractivity contribution in [3.05, 3.63) is 0 Å². The summed E-state index contributed by atoms with van der Waals surface area (Å²) in [5.41, 5.74) is 0. The molecule has 2 unspecified atom stereocenters. The van der Waals surface area contributed by atoms with Crippen molar-refractivity contribution in [1.29, 1.82) is 0 Å². The Morgan fingerprint density at radius 3 is 2.21 bits per heavy atom. The highest BCUT2D eigenvalue weighted by Gasteiger charge is 2.47. The predicted molar refractivity (Wildman–Crippen MR) is 49.1 cm³/mol. The van der Waals surface area contributed by atoms with Gasteiger partial charge in [-0.1, -0.05) is 0 Å². The van der Waals surface area contributed by atoms with Gasteiger partial charge in [0, 0.05) is 6.54 Å². The van der Waals surface area contributed by atoms with Crippen LogP contribution in [0.4, 0.5) is 13.2 Å². The van der Waals surface area contributed by atoms with Crippen molar-refractivity contribution in [2.24, 2.45) is 5.92 Å². The van der Waals surface area contributed by atoms with Crippen LogP contribution < -0.4 is 0 Å². The van der Waals surface area contributed by atoms with Gasteiger partial charge >= 0.3 is 6.18 Å². The molecule has 1 fully saturated rings. The minimum atomic E-state index is -4.11. The normalized spacial score (nSPS) is 27.2. The van der Waals surface area contributed by atoms with Gasteiger partial charge in [-0.05, 0) is 40.0 Å². The molecule has 5 heteroatoms. The zero-order chi connectivity index (χ0) is 10.9. The topological polar surface area (TPSA) is 6.48 Å². The Balaban J connectivity index is 2.69. The third-order valence-corrected chi connectivity index (χ3v) is 2.77. The Morgan fingerprint density at radius 1 is 1.36 bits per heavy atom. The molecular weight excluding hydrogens is 193 g/mol. The van der Waals surface area contributed by atoms with E-state index in [1.165, 1.54) is 19.0 Å². The van der Waals surface area contributed by atoms with Crippen molar-refractivity contribution in [2.45, 2.75) is 18.6 Å². The van der Waals surface area contributed by atoms with E-state index in [4.69, 9.17) is 0 Å². The van der Waals surface area contributed by atoms with E-state index in [9.17, 15) is 13.2 Å². The number of hydrogen-bond acceptors (Lipinski definition) is 2. The van der Waals surface area contributed by atoms with Crippen LogP contribution in [-0.4, -0.2) is 56.3 Å². The molecule has 1 aliphatic rings. The third-order valence-electron chi connectivity index (χ3n) is 2.77. The first-order chi connectivity index (χ1) is 6.32. The smallest absolute Gasteiger partial charge is 0.306 e. The highest BCUT2D eigenvalue weighted by atomic mass is 19.4. The van der Waals surface area contributed by atoms with Gasteiger partial charge in [0.1, 0.15) is 6.04 Å². The Labute approximate surface area is 82.7 Å². The second-order valence-electron chi connectivity index (χ2n) is 4.26. The molecule has 1 heterocycles. The molecule has 0 aliphatic carbocycles. The third kappa shape index (κ3) is 2.60. The number of likely N-dealkylation sites (tertiary alicyclic amines) is 1. The first-order valence-electron chi connectivity index (χ1n) is 4.74. The highest BCUT2D eigenvalue weighted by Crippen LogP contribution is 2.33. The summed E-state index contributed by atoms with van der Waals surface area (Å²) in [7, 11) is 4.86. The lowest BCUT2D eigenvalue weighted by molar-refractivity contribution is -0.189. The molecular formula is C9H17F3N2. The highest BCUT2D eigenvalue weighted by molar-refractivity contribution is 4.88. The molecule has 2 nitrogen and oxygen atoms in total. The summed E-state index contributed by atoms with van der Waals surface area (Å²) in [6.07, 6.45) is -3.47. The molecule has 1 saturated heterocycles. The Hall–Kier alpha value is -0.290.